The molecule has 0 spiro atoms. The van der Waals surface area contributed by atoms with Crippen molar-refractivity contribution in [3.63, 3.8) is 0 Å². The first-order valence-corrected chi connectivity index (χ1v) is 4.70. The van der Waals surface area contributed by atoms with Crippen LogP contribution in [0.1, 0.15) is 11.1 Å². The summed E-state index contributed by atoms with van der Waals surface area (Å²) >= 11 is 11.9. The first-order valence-electron chi connectivity index (χ1n) is 3.95. The minimum atomic E-state index is -0.661. The van der Waals surface area contributed by atoms with E-state index < -0.39 is 6.03 Å². The first kappa shape index (κ1) is 11.1. The molecule has 0 unspecified atom stereocenters. The molecule has 0 atom stereocenters. The van der Waals surface area contributed by atoms with Gasteiger partial charge in [-0.25, -0.2) is 4.79 Å². The van der Waals surface area contributed by atoms with Crippen LogP contribution >= 0.6 is 23.2 Å². The Labute approximate surface area is 92.2 Å². The molecule has 76 valence electrons. The van der Waals surface area contributed by atoms with E-state index in [1.807, 2.05) is 13.8 Å². The highest BCUT2D eigenvalue weighted by molar-refractivity contribution is 6.44. The van der Waals surface area contributed by atoms with Crippen LogP contribution in [-0.2, 0) is 0 Å². The van der Waals surface area contributed by atoms with Crippen molar-refractivity contribution in [1.29, 1.82) is 0 Å². The number of amides is 2. The molecule has 14 heavy (non-hydrogen) atoms. The number of primary amides is 1. The van der Waals surface area contributed by atoms with E-state index in [0.717, 1.165) is 11.1 Å². The van der Waals surface area contributed by atoms with Crippen molar-refractivity contribution in [2.24, 2.45) is 5.73 Å². The predicted molar refractivity (Wildman–Crippen MR) is 59.1 cm³/mol. The molecule has 3 nitrogen and oxygen atoms in total. The molecule has 0 aromatic heterocycles. The van der Waals surface area contributed by atoms with Crippen molar-refractivity contribution in [2.45, 2.75) is 13.8 Å². The van der Waals surface area contributed by atoms with Crippen LogP contribution in [0.5, 0.6) is 0 Å². The summed E-state index contributed by atoms with van der Waals surface area (Å²) in [7, 11) is 0. The third-order valence-corrected chi connectivity index (χ3v) is 2.93. The van der Waals surface area contributed by atoms with Crippen molar-refractivity contribution in [3.05, 3.63) is 27.2 Å². The van der Waals surface area contributed by atoms with E-state index in [4.69, 9.17) is 28.9 Å². The van der Waals surface area contributed by atoms with E-state index in [0.29, 0.717) is 15.7 Å². The molecule has 0 aliphatic rings. The minimum Gasteiger partial charge on any atom is -0.351 e. The number of hydrogen-bond donors (Lipinski definition) is 2. The summed E-state index contributed by atoms with van der Waals surface area (Å²) in [6.07, 6.45) is 0. The molecule has 1 aromatic rings. The Hall–Kier alpha value is -0.930. The number of halogens is 2. The number of nitrogens with one attached hydrogen (secondary N) is 1. The van der Waals surface area contributed by atoms with Gasteiger partial charge in [0.2, 0.25) is 0 Å². The van der Waals surface area contributed by atoms with E-state index in [2.05, 4.69) is 5.32 Å². The number of carbonyl (C=O) groups excluding carboxylic acids is 1. The van der Waals surface area contributed by atoms with Gasteiger partial charge >= 0.3 is 6.03 Å². The van der Waals surface area contributed by atoms with Crippen molar-refractivity contribution < 1.29 is 4.79 Å². The lowest BCUT2D eigenvalue weighted by molar-refractivity contribution is 0.259. The number of nitrogens with two attached hydrogens (primary N) is 1. The molecule has 0 radical (unpaired) electrons. The Morgan fingerprint density at radius 1 is 1.36 bits per heavy atom. The zero-order valence-corrected chi connectivity index (χ0v) is 9.33. The fraction of sp³-hybridized carbons (Fsp3) is 0.222. The summed E-state index contributed by atoms with van der Waals surface area (Å²) in [5, 5.41) is 3.16. The van der Waals surface area contributed by atoms with E-state index in [-0.39, 0.29) is 0 Å². The van der Waals surface area contributed by atoms with E-state index in [9.17, 15) is 4.79 Å². The number of hydrogen-bond acceptors (Lipinski definition) is 1. The van der Waals surface area contributed by atoms with Gasteiger partial charge in [0.25, 0.3) is 0 Å². The molecule has 0 fully saturated rings. The lowest BCUT2D eigenvalue weighted by Gasteiger charge is -2.10. The van der Waals surface area contributed by atoms with E-state index in [1.54, 1.807) is 6.07 Å². The van der Waals surface area contributed by atoms with Gasteiger partial charge in [-0.05, 0) is 31.0 Å². The van der Waals surface area contributed by atoms with Gasteiger partial charge in [-0.15, -0.1) is 0 Å². The smallest absolute Gasteiger partial charge is 0.316 e. The third kappa shape index (κ3) is 2.11. The molecule has 0 aliphatic carbocycles. The fourth-order valence-corrected chi connectivity index (χ4v) is 1.56. The maximum absolute atomic E-state index is 10.6. The van der Waals surface area contributed by atoms with E-state index >= 15 is 0 Å². The Morgan fingerprint density at radius 2 is 1.93 bits per heavy atom. The molecular formula is C9H10Cl2N2O. The SMILES string of the molecule is Cc1cc(NC(N)=O)c(Cl)c(Cl)c1C. The van der Waals surface area contributed by atoms with Gasteiger partial charge < -0.3 is 11.1 Å². The standard InChI is InChI=1S/C9H10Cl2N2O/c1-4-3-6(13-9(12)14)8(11)7(10)5(4)2/h3H,1-2H3,(H3,12,13,14). The Balaban J connectivity index is 3.25. The Kier molecular flexibility index (Phi) is 3.24. The molecule has 0 saturated heterocycles. The van der Waals surface area contributed by atoms with Crippen molar-refractivity contribution in [3.8, 4) is 0 Å². The van der Waals surface area contributed by atoms with Crippen molar-refractivity contribution in [1.82, 2.24) is 0 Å². The normalized spacial score (nSPS) is 10.0. The van der Waals surface area contributed by atoms with Gasteiger partial charge in [0.15, 0.2) is 0 Å². The van der Waals surface area contributed by atoms with Gasteiger partial charge in [0.1, 0.15) is 0 Å². The van der Waals surface area contributed by atoms with Crippen LogP contribution in [0.3, 0.4) is 0 Å². The molecule has 0 bridgehead atoms. The molecule has 0 saturated carbocycles. The molecule has 5 heteroatoms. The van der Waals surface area contributed by atoms with Crippen LogP contribution < -0.4 is 11.1 Å². The van der Waals surface area contributed by atoms with Crippen LogP contribution in [0, 0.1) is 13.8 Å². The maximum Gasteiger partial charge on any atom is 0.316 e. The molecular weight excluding hydrogens is 223 g/mol. The predicted octanol–water partition coefficient (Wildman–Crippen LogP) is 3.10. The summed E-state index contributed by atoms with van der Waals surface area (Å²) in [6, 6.07) is 1.07. The molecule has 3 N–H and O–H groups in total. The number of anilines is 1. The van der Waals surface area contributed by atoms with Gasteiger partial charge in [-0.1, -0.05) is 23.2 Å². The first-order chi connectivity index (χ1) is 6.43. The second-order valence-corrected chi connectivity index (χ2v) is 3.74. The summed E-state index contributed by atoms with van der Waals surface area (Å²) in [5.74, 6) is 0. The highest BCUT2D eigenvalue weighted by atomic mass is 35.5. The van der Waals surface area contributed by atoms with E-state index in [1.165, 1.54) is 0 Å². The highest BCUT2D eigenvalue weighted by Gasteiger charge is 2.11. The number of rotatable bonds is 1. The van der Waals surface area contributed by atoms with Crippen LogP contribution in [0.25, 0.3) is 0 Å². The zero-order chi connectivity index (χ0) is 10.9. The van der Waals surface area contributed by atoms with Crippen molar-refractivity contribution >= 4 is 34.9 Å². The summed E-state index contributed by atoms with van der Waals surface area (Å²) in [5.41, 5.74) is 7.26. The van der Waals surface area contributed by atoms with Gasteiger partial charge in [-0.3, -0.25) is 0 Å². The van der Waals surface area contributed by atoms with Crippen molar-refractivity contribution in [2.75, 3.05) is 5.32 Å². The Morgan fingerprint density at radius 3 is 2.43 bits per heavy atom. The molecule has 0 aliphatic heterocycles. The molecule has 1 aromatic carbocycles. The quantitative estimate of drug-likeness (QED) is 0.769. The van der Waals surface area contributed by atoms with Crippen LogP contribution in [-0.4, -0.2) is 6.03 Å². The van der Waals surface area contributed by atoms with Gasteiger partial charge in [-0.2, -0.15) is 0 Å². The highest BCUT2D eigenvalue weighted by Crippen LogP contribution is 2.34. The number of benzene rings is 1. The third-order valence-electron chi connectivity index (χ3n) is 1.97. The zero-order valence-electron chi connectivity index (χ0n) is 7.82. The number of urea groups is 1. The number of carbonyl (C=O) groups is 1. The van der Waals surface area contributed by atoms with Crippen LogP contribution in [0.4, 0.5) is 10.5 Å². The summed E-state index contributed by atoms with van der Waals surface area (Å²) in [6.45, 7) is 3.74. The second-order valence-electron chi connectivity index (χ2n) is 2.98. The lowest BCUT2D eigenvalue weighted by Crippen LogP contribution is -2.19. The summed E-state index contributed by atoms with van der Waals surface area (Å²) < 4.78 is 0. The summed E-state index contributed by atoms with van der Waals surface area (Å²) in [4.78, 5) is 10.6. The Bertz CT molecular complexity index is 391. The average Bonchev–Trinajstić information content (AvgIpc) is 2.10. The van der Waals surface area contributed by atoms with Crippen LogP contribution in [0.15, 0.2) is 6.07 Å². The minimum absolute atomic E-state index is 0.313. The average molecular weight is 233 g/mol. The lowest BCUT2D eigenvalue weighted by atomic mass is 10.1. The van der Waals surface area contributed by atoms with Gasteiger partial charge in [0.05, 0.1) is 15.7 Å². The monoisotopic (exact) mass is 232 g/mol. The molecule has 0 heterocycles. The fourth-order valence-electron chi connectivity index (χ4n) is 1.07. The second kappa shape index (κ2) is 4.07. The van der Waals surface area contributed by atoms with Crippen LogP contribution in [0.2, 0.25) is 10.0 Å². The molecule has 2 amide bonds. The number of aryl methyl sites for hydroxylation is 1. The maximum atomic E-state index is 10.6. The topological polar surface area (TPSA) is 55.1 Å². The van der Waals surface area contributed by atoms with Gasteiger partial charge in [0, 0.05) is 0 Å². The molecule has 1 rings (SSSR count). The largest absolute Gasteiger partial charge is 0.351 e.